The highest BCUT2D eigenvalue weighted by Crippen LogP contribution is 2.30. The van der Waals surface area contributed by atoms with Gasteiger partial charge in [0.25, 0.3) is 10.2 Å². The predicted molar refractivity (Wildman–Crippen MR) is 114 cm³/mol. The van der Waals surface area contributed by atoms with E-state index in [1.165, 1.54) is 4.31 Å². The molecule has 29 heavy (non-hydrogen) atoms. The van der Waals surface area contributed by atoms with Crippen molar-refractivity contribution in [3.63, 3.8) is 0 Å². The molecule has 1 amide bonds. The van der Waals surface area contributed by atoms with Gasteiger partial charge in [0.15, 0.2) is 0 Å². The summed E-state index contributed by atoms with van der Waals surface area (Å²) in [5.41, 5.74) is 1.75. The van der Waals surface area contributed by atoms with Gasteiger partial charge < -0.3 is 15.0 Å². The Morgan fingerprint density at radius 1 is 1.14 bits per heavy atom. The molecule has 158 valence electrons. The Morgan fingerprint density at radius 3 is 2.34 bits per heavy atom. The topological polar surface area (TPSA) is 108 Å². The largest absolute Gasteiger partial charge is 0.442 e. The number of hydrogen-bond acceptors (Lipinski definition) is 6. The minimum atomic E-state index is -3.64. The minimum Gasteiger partial charge on any atom is -0.442 e. The fraction of sp³-hybridized carbons (Fsp3) is 0.556. The lowest BCUT2D eigenvalue weighted by molar-refractivity contribution is 0.143. The van der Waals surface area contributed by atoms with Crippen LogP contribution >= 0.6 is 12.2 Å². The van der Waals surface area contributed by atoms with Gasteiger partial charge in [0.2, 0.25) is 0 Å². The van der Waals surface area contributed by atoms with Gasteiger partial charge in [-0.05, 0) is 37.1 Å². The summed E-state index contributed by atoms with van der Waals surface area (Å²) in [5, 5.41) is 8.39. The zero-order valence-corrected chi connectivity index (χ0v) is 17.6. The Balaban J connectivity index is 1.32. The van der Waals surface area contributed by atoms with Crippen LogP contribution in [-0.2, 0) is 14.9 Å². The van der Waals surface area contributed by atoms with Crippen molar-refractivity contribution in [1.29, 1.82) is 0 Å². The highest BCUT2D eigenvalue weighted by molar-refractivity contribution is 7.86. The lowest BCUT2D eigenvalue weighted by atomic mass is 10.2. The first-order valence-corrected chi connectivity index (χ1v) is 11.6. The molecule has 3 fully saturated rings. The fourth-order valence-electron chi connectivity index (χ4n) is 3.59. The molecule has 2 saturated heterocycles. The molecule has 1 atom stereocenters. The number of nitrogens with one attached hydrogen (secondary N) is 1. The summed E-state index contributed by atoms with van der Waals surface area (Å²) in [6.45, 7) is 2.86. The first-order valence-electron chi connectivity index (χ1n) is 9.70. The average molecular weight is 440 g/mol. The molecule has 1 aromatic rings. The van der Waals surface area contributed by atoms with E-state index in [-0.39, 0.29) is 12.2 Å². The molecule has 0 unspecified atom stereocenters. The molecule has 3 aliphatic rings. The molecule has 0 bridgehead atoms. The zero-order valence-electron chi connectivity index (χ0n) is 16.0. The van der Waals surface area contributed by atoms with Crippen molar-refractivity contribution in [2.75, 3.05) is 49.1 Å². The van der Waals surface area contributed by atoms with Crippen molar-refractivity contribution in [3.8, 4) is 0 Å². The van der Waals surface area contributed by atoms with E-state index in [1.807, 2.05) is 24.3 Å². The standard InChI is InChI=1S/C18H25N5O4S2/c19-29(25,26)22-9-7-21(8-10-22)14-3-5-15(6-4-14)23-12-16(27-18(23)24)11-20-17(28)13-1-2-13/h3-6,13,16H,1-2,7-12H2,(H,20,28)(H2,19,25,26)/t16-/m0/s1. The number of carbonyl (C=O) groups excluding carboxylic acids is 1. The first-order chi connectivity index (χ1) is 13.8. The second-order valence-electron chi connectivity index (χ2n) is 7.58. The Labute approximate surface area is 175 Å². The summed E-state index contributed by atoms with van der Waals surface area (Å²) < 4.78 is 29.6. The molecular formula is C18H25N5O4S2. The monoisotopic (exact) mass is 439 g/mol. The summed E-state index contributed by atoms with van der Waals surface area (Å²) in [6, 6.07) is 7.63. The summed E-state index contributed by atoms with van der Waals surface area (Å²) in [7, 11) is -3.64. The van der Waals surface area contributed by atoms with Gasteiger partial charge in [-0.1, -0.05) is 12.2 Å². The van der Waals surface area contributed by atoms with Crippen LogP contribution in [0.3, 0.4) is 0 Å². The van der Waals surface area contributed by atoms with Gasteiger partial charge in [-0.3, -0.25) is 4.90 Å². The number of thiocarbonyl (C=S) groups is 1. The van der Waals surface area contributed by atoms with E-state index < -0.39 is 10.2 Å². The van der Waals surface area contributed by atoms with E-state index in [9.17, 15) is 13.2 Å². The maximum absolute atomic E-state index is 12.3. The highest BCUT2D eigenvalue weighted by atomic mass is 32.2. The Hall–Kier alpha value is -1.95. The Kier molecular flexibility index (Phi) is 5.65. The van der Waals surface area contributed by atoms with Crippen molar-refractivity contribution >= 4 is 44.9 Å². The van der Waals surface area contributed by atoms with E-state index in [2.05, 4.69) is 10.2 Å². The molecule has 3 N–H and O–H groups in total. The van der Waals surface area contributed by atoms with Gasteiger partial charge in [-0.15, -0.1) is 0 Å². The van der Waals surface area contributed by atoms with Gasteiger partial charge in [0, 0.05) is 43.5 Å². The molecule has 1 aliphatic carbocycles. The summed E-state index contributed by atoms with van der Waals surface area (Å²) in [5.74, 6) is 0.498. The van der Waals surface area contributed by atoms with Crippen LogP contribution in [0.4, 0.5) is 16.2 Å². The molecule has 2 aliphatic heterocycles. The van der Waals surface area contributed by atoms with Gasteiger partial charge >= 0.3 is 6.09 Å². The lowest BCUT2D eigenvalue weighted by Crippen LogP contribution is -2.50. The van der Waals surface area contributed by atoms with Crippen LogP contribution < -0.4 is 20.3 Å². The van der Waals surface area contributed by atoms with Crippen LogP contribution in [0.25, 0.3) is 0 Å². The minimum absolute atomic E-state index is 0.231. The maximum Gasteiger partial charge on any atom is 0.414 e. The fourth-order valence-corrected chi connectivity index (χ4v) is 4.58. The van der Waals surface area contributed by atoms with Crippen molar-refractivity contribution in [2.24, 2.45) is 11.1 Å². The predicted octanol–water partition coefficient (Wildman–Crippen LogP) is 0.664. The molecule has 11 heteroatoms. The number of rotatable bonds is 6. The second-order valence-corrected chi connectivity index (χ2v) is 9.57. The molecule has 0 radical (unpaired) electrons. The molecule has 1 saturated carbocycles. The van der Waals surface area contributed by atoms with Crippen molar-refractivity contribution in [3.05, 3.63) is 24.3 Å². The number of hydrogen-bond donors (Lipinski definition) is 2. The number of anilines is 2. The maximum atomic E-state index is 12.3. The molecule has 0 spiro atoms. The number of carbonyl (C=O) groups is 1. The Morgan fingerprint density at radius 2 is 1.76 bits per heavy atom. The number of ether oxygens (including phenoxy) is 1. The highest BCUT2D eigenvalue weighted by Gasteiger charge is 2.33. The lowest BCUT2D eigenvalue weighted by Gasteiger charge is -2.34. The van der Waals surface area contributed by atoms with E-state index >= 15 is 0 Å². The smallest absolute Gasteiger partial charge is 0.414 e. The zero-order chi connectivity index (χ0) is 20.6. The number of piperazine rings is 1. The second kappa shape index (κ2) is 8.05. The number of nitrogens with zero attached hydrogens (tertiary/aromatic N) is 3. The van der Waals surface area contributed by atoms with Crippen LogP contribution in [0.5, 0.6) is 0 Å². The average Bonchev–Trinajstić information content (AvgIpc) is 3.49. The summed E-state index contributed by atoms with van der Waals surface area (Å²) >= 11 is 5.32. The molecule has 2 heterocycles. The van der Waals surface area contributed by atoms with Crippen molar-refractivity contribution < 1.29 is 17.9 Å². The molecule has 4 rings (SSSR count). The third-order valence-electron chi connectivity index (χ3n) is 5.45. The van der Waals surface area contributed by atoms with E-state index in [0.29, 0.717) is 45.2 Å². The van der Waals surface area contributed by atoms with Crippen LogP contribution in [0.2, 0.25) is 0 Å². The van der Waals surface area contributed by atoms with Crippen molar-refractivity contribution in [1.82, 2.24) is 9.62 Å². The van der Waals surface area contributed by atoms with Crippen LogP contribution in [0.15, 0.2) is 24.3 Å². The number of nitrogens with two attached hydrogens (primary N) is 1. The first kappa shape index (κ1) is 20.3. The summed E-state index contributed by atoms with van der Waals surface area (Å²) in [6.07, 6.45) is 1.70. The van der Waals surface area contributed by atoms with Gasteiger partial charge in [-0.2, -0.15) is 12.7 Å². The normalized spacial score (nSPS) is 23.2. The third kappa shape index (κ3) is 4.80. The SMILES string of the molecule is NS(=O)(=O)N1CCN(c2ccc(N3C[C@H](CNC(=S)C4CC4)OC3=O)cc2)CC1. The van der Waals surface area contributed by atoms with Gasteiger partial charge in [0.05, 0.1) is 18.1 Å². The van der Waals surface area contributed by atoms with E-state index in [1.54, 1.807) is 4.90 Å². The number of cyclic esters (lactones) is 1. The van der Waals surface area contributed by atoms with Crippen LogP contribution in [0, 0.1) is 5.92 Å². The molecule has 9 nitrogen and oxygen atoms in total. The van der Waals surface area contributed by atoms with Gasteiger partial charge in [-0.25, -0.2) is 9.93 Å². The van der Waals surface area contributed by atoms with E-state index in [0.717, 1.165) is 29.2 Å². The Bertz CT molecular complexity index is 880. The molecule has 1 aromatic carbocycles. The van der Waals surface area contributed by atoms with Crippen molar-refractivity contribution in [2.45, 2.75) is 18.9 Å². The molecular weight excluding hydrogens is 414 g/mol. The third-order valence-corrected chi connectivity index (χ3v) is 7.01. The number of amides is 1. The summed E-state index contributed by atoms with van der Waals surface area (Å²) in [4.78, 5) is 16.8. The van der Waals surface area contributed by atoms with Crippen LogP contribution in [0.1, 0.15) is 12.8 Å². The van der Waals surface area contributed by atoms with Gasteiger partial charge in [0.1, 0.15) is 6.10 Å². The van der Waals surface area contributed by atoms with Crippen LogP contribution in [-0.4, -0.2) is 69.2 Å². The quantitative estimate of drug-likeness (QED) is 0.627. The molecule has 0 aromatic heterocycles. The van der Waals surface area contributed by atoms with E-state index in [4.69, 9.17) is 22.1 Å². The number of benzene rings is 1.